The monoisotopic (exact) mass is 256 g/mol. The summed E-state index contributed by atoms with van der Waals surface area (Å²) < 4.78 is 0. The third-order valence-electron chi connectivity index (χ3n) is 2.88. The Morgan fingerprint density at radius 3 is 2.31 bits per heavy atom. The zero-order chi connectivity index (χ0) is 8.10. The Kier molecular flexibility index (Phi) is 12.5. The number of hydrogen-bond acceptors (Lipinski definition) is 0. The van der Waals surface area contributed by atoms with Crippen LogP contribution in [0.2, 0.25) is 0 Å². The van der Waals surface area contributed by atoms with Crippen molar-refractivity contribution in [2.24, 2.45) is 11.8 Å². The zero-order valence-corrected chi connectivity index (χ0v) is 12.1. The fraction of sp³-hybridized carbons (Fsp3) is 0.909. The molecule has 1 aliphatic rings. The summed E-state index contributed by atoms with van der Waals surface area (Å²) in [4.78, 5) is 0. The molecule has 0 bridgehead atoms. The summed E-state index contributed by atoms with van der Waals surface area (Å²) in [5, 5.41) is 0. The summed E-state index contributed by atoms with van der Waals surface area (Å²) in [6, 6.07) is 0. The van der Waals surface area contributed by atoms with Crippen LogP contribution in [0.3, 0.4) is 0 Å². The summed E-state index contributed by atoms with van der Waals surface area (Å²) >= 11 is 0. The molecule has 1 fully saturated rings. The van der Waals surface area contributed by atoms with Gasteiger partial charge in [-0.25, -0.2) is 0 Å². The van der Waals surface area contributed by atoms with Crippen LogP contribution in [0.4, 0.5) is 0 Å². The predicted octanol–water partition coefficient (Wildman–Crippen LogP) is 0.440. The topological polar surface area (TPSA) is 0 Å². The third-order valence-corrected chi connectivity index (χ3v) is 2.88. The van der Waals surface area contributed by atoms with E-state index in [9.17, 15) is 0 Å². The molecule has 0 aromatic rings. The Morgan fingerprint density at radius 2 is 1.77 bits per heavy atom. The second-order valence-electron chi connectivity index (χ2n) is 3.84. The molecule has 13 heavy (non-hydrogen) atoms. The van der Waals surface area contributed by atoms with E-state index in [4.69, 9.17) is 0 Å². The quantitative estimate of drug-likeness (QED) is 0.508. The average molecular weight is 257 g/mol. The first-order chi connectivity index (χ1) is 5.36. The van der Waals surface area contributed by atoms with Crippen LogP contribution in [0.15, 0.2) is 0 Å². The summed E-state index contributed by atoms with van der Waals surface area (Å²) in [6.45, 7) is 4.61. The van der Waals surface area contributed by atoms with Gasteiger partial charge in [-0.15, -0.1) is 0 Å². The SMILES string of the molecule is CCCC1[CH-]C(CC)CCC1.[Br-].[Mg+2]. The maximum absolute atomic E-state index is 2.62. The van der Waals surface area contributed by atoms with E-state index in [0.29, 0.717) is 0 Å². The first kappa shape index (κ1) is 16.7. The predicted molar refractivity (Wildman–Crippen MR) is 56.1 cm³/mol. The van der Waals surface area contributed by atoms with Gasteiger partial charge in [0.05, 0.1) is 0 Å². The van der Waals surface area contributed by atoms with Crippen LogP contribution in [-0.4, -0.2) is 23.1 Å². The second-order valence-corrected chi connectivity index (χ2v) is 3.84. The van der Waals surface area contributed by atoms with Gasteiger partial charge in [-0.3, -0.25) is 0 Å². The Labute approximate surface area is 110 Å². The van der Waals surface area contributed by atoms with Crippen LogP contribution in [-0.2, 0) is 0 Å². The van der Waals surface area contributed by atoms with Crippen molar-refractivity contribution < 1.29 is 17.0 Å². The molecule has 0 N–H and O–H groups in total. The van der Waals surface area contributed by atoms with Crippen LogP contribution in [0.25, 0.3) is 0 Å². The number of halogens is 1. The van der Waals surface area contributed by atoms with E-state index in [0.717, 1.165) is 11.8 Å². The van der Waals surface area contributed by atoms with Gasteiger partial charge in [0.1, 0.15) is 0 Å². The van der Waals surface area contributed by atoms with Gasteiger partial charge in [0, 0.05) is 0 Å². The van der Waals surface area contributed by atoms with E-state index in [1.54, 1.807) is 0 Å². The molecule has 0 spiro atoms. The van der Waals surface area contributed by atoms with Gasteiger partial charge in [-0.2, -0.15) is 11.8 Å². The van der Waals surface area contributed by atoms with Crippen LogP contribution in [0, 0.1) is 18.3 Å². The molecule has 1 saturated carbocycles. The Morgan fingerprint density at radius 1 is 1.15 bits per heavy atom. The molecule has 0 saturated heterocycles. The average Bonchev–Trinajstić information content (AvgIpc) is 2.06. The van der Waals surface area contributed by atoms with Crippen molar-refractivity contribution in [3.63, 3.8) is 0 Å². The minimum Gasteiger partial charge on any atom is -1.00 e. The van der Waals surface area contributed by atoms with Crippen LogP contribution < -0.4 is 17.0 Å². The molecule has 0 amide bonds. The second kappa shape index (κ2) is 9.79. The molecule has 1 rings (SSSR count). The van der Waals surface area contributed by atoms with Crippen LogP contribution in [0.5, 0.6) is 0 Å². The molecule has 0 aromatic carbocycles. The summed E-state index contributed by atoms with van der Waals surface area (Å²) in [6.07, 6.45) is 11.2. The van der Waals surface area contributed by atoms with E-state index < -0.39 is 0 Å². The summed E-state index contributed by atoms with van der Waals surface area (Å²) in [5.74, 6) is 1.90. The van der Waals surface area contributed by atoms with Gasteiger partial charge in [0.15, 0.2) is 0 Å². The van der Waals surface area contributed by atoms with Crippen molar-refractivity contribution in [1.82, 2.24) is 0 Å². The first-order valence-corrected chi connectivity index (χ1v) is 5.21. The normalized spacial score (nSPS) is 27.2. The van der Waals surface area contributed by atoms with Crippen molar-refractivity contribution in [3.8, 4) is 0 Å². The van der Waals surface area contributed by atoms with Gasteiger partial charge < -0.3 is 23.4 Å². The molecule has 0 aromatic heterocycles. The smallest absolute Gasteiger partial charge is 1.00 e. The van der Waals surface area contributed by atoms with E-state index in [-0.39, 0.29) is 40.0 Å². The molecule has 0 radical (unpaired) electrons. The molecule has 2 unspecified atom stereocenters. The van der Waals surface area contributed by atoms with Gasteiger partial charge in [-0.05, 0) is 0 Å². The molecule has 0 heterocycles. The zero-order valence-electron chi connectivity index (χ0n) is 9.06. The first-order valence-electron chi connectivity index (χ1n) is 5.21. The Hall–Kier alpha value is 1.25. The molecule has 1 aliphatic carbocycles. The number of rotatable bonds is 3. The summed E-state index contributed by atoms with van der Waals surface area (Å²) in [7, 11) is 0. The van der Waals surface area contributed by atoms with Gasteiger partial charge >= 0.3 is 23.1 Å². The van der Waals surface area contributed by atoms with Crippen molar-refractivity contribution in [3.05, 3.63) is 6.42 Å². The molecule has 2 atom stereocenters. The Balaban J connectivity index is 0. The van der Waals surface area contributed by atoms with Crippen LogP contribution >= 0.6 is 0 Å². The van der Waals surface area contributed by atoms with E-state index in [2.05, 4.69) is 20.3 Å². The minimum absolute atomic E-state index is 0. The molecule has 0 aliphatic heterocycles. The van der Waals surface area contributed by atoms with E-state index >= 15 is 0 Å². The molecule has 0 nitrogen and oxygen atoms in total. The van der Waals surface area contributed by atoms with Gasteiger partial charge in [-0.1, -0.05) is 52.4 Å². The Bertz CT molecular complexity index is 104. The van der Waals surface area contributed by atoms with Crippen molar-refractivity contribution >= 4 is 23.1 Å². The van der Waals surface area contributed by atoms with Gasteiger partial charge in [0.2, 0.25) is 0 Å². The van der Waals surface area contributed by atoms with E-state index in [1.165, 1.54) is 38.5 Å². The minimum atomic E-state index is 0. The fourth-order valence-electron chi connectivity index (χ4n) is 2.17. The van der Waals surface area contributed by atoms with Crippen molar-refractivity contribution in [1.29, 1.82) is 0 Å². The third kappa shape index (κ3) is 6.35. The van der Waals surface area contributed by atoms with Crippen molar-refractivity contribution in [2.45, 2.75) is 52.4 Å². The molecule has 74 valence electrons. The number of hydrogen-bond donors (Lipinski definition) is 0. The molecular weight excluding hydrogens is 236 g/mol. The molecular formula is C11H21BrMg. The van der Waals surface area contributed by atoms with Crippen LogP contribution in [0.1, 0.15) is 52.4 Å². The standard InChI is InChI=1S/C11H21.BrH.Mg/c1-3-6-11-8-5-7-10(4-2)9-11;;/h9-11H,3-8H2,1-2H3;1H;/q-1;;+2/p-1. The largest absolute Gasteiger partial charge is 2.00 e. The van der Waals surface area contributed by atoms with Gasteiger partial charge in [0.25, 0.3) is 0 Å². The maximum atomic E-state index is 2.62. The maximum Gasteiger partial charge on any atom is 2.00 e. The van der Waals surface area contributed by atoms with Crippen molar-refractivity contribution in [2.75, 3.05) is 0 Å². The summed E-state index contributed by atoms with van der Waals surface area (Å²) in [5.41, 5.74) is 0. The molecule has 2 heteroatoms. The van der Waals surface area contributed by atoms with E-state index in [1.807, 2.05) is 0 Å². The fourth-order valence-corrected chi connectivity index (χ4v) is 2.17.